The van der Waals surface area contributed by atoms with Crippen LogP contribution >= 0.6 is 22.6 Å². The first kappa shape index (κ1) is 14.4. The lowest BCUT2D eigenvalue weighted by Gasteiger charge is -2.06. The van der Waals surface area contributed by atoms with Crippen LogP contribution in [0.15, 0.2) is 42.6 Å². The van der Waals surface area contributed by atoms with E-state index in [0.717, 1.165) is 9.13 Å². The van der Waals surface area contributed by atoms with Crippen molar-refractivity contribution in [3.8, 4) is 0 Å². The standard InChI is InChI=1S/C14H12IN3O2/c1-9-2-7-12(16-8-9)18-14(20)13(19)17-11-5-3-10(15)4-6-11/h2-8H,1H3,(H,17,19)(H,16,18,20). The number of anilines is 2. The van der Waals surface area contributed by atoms with Crippen molar-refractivity contribution in [2.45, 2.75) is 6.92 Å². The molecule has 0 atom stereocenters. The number of carbonyl (C=O) groups is 2. The van der Waals surface area contributed by atoms with E-state index in [4.69, 9.17) is 0 Å². The maximum absolute atomic E-state index is 11.7. The molecule has 0 aliphatic heterocycles. The highest BCUT2D eigenvalue weighted by Gasteiger charge is 2.14. The molecule has 5 nitrogen and oxygen atoms in total. The zero-order valence-electron chi connectivity index (χ0n) is 10.7. The van der Waals surface area contributed by atoms with Gasteiger partial charge in [-0.15, -0.1) is 0 Å². The molecule has 20 heavy (non-hydrogen) atoms. The second-order valence-electron chi connectivity index (χ2n) is 4.14. The van der Waals surface area contributed by atoms with E-state index in [0.29, 0.717) is 11.5 Å². The monoisotopic (exact) mass is 381 g/mol. The molecule has 2 amide bonds. The average Bonchev–Trinajstić information content (AvgIpc) is 2.44. The molecule has 2 rings (SSSR count). The number of aryl methyl sites for hydroxylation is 1. The maximum Gasteiger partial charge on any atom is 0.315 e. The first-order valence-corrected chi connectivity index (χ1v) is 6.93. The molecule has 0 bridgehead atoms. The number of rotatable bonds is 2. The number of aromatic nitrogens is 1. The zero-order chi connectivity index (χ0) is 14.5. The van der Waals surface area contributed by atoms with Gasteiger partial charge in [0.25, 0.3) is 0 Å². The quantitative estimate of drug-likeness (QED) is 0.621. The topological polar surface area (TPSA) is 71.1 Å². The Hall–Kier alpha value is -1.96. The zero-order valence-corrected chi connectivity index (χ0v) is 12.8. The van der Waals surface area contributed by atoms with Crippen LogP contribution in [0.3, 0.4) is 0 Å². The van der Waals surface area contributed by atoms with Crippen LogP contribution in [0.4, 0.5) is 11.5 Å². The Kier molecular flexibility index (Phi) is 4.67. The molecule has 0 radical (unpaired) electrons. The van der Waals surface area contributed by atoms with E-state index in [1.54, 1.807) is 30.5 Å². The SMILES string of the molecule is Cc1ccc(NC(=O)C(=O)Nc2ccc(I)cc2)nc1. The summed E-state index contributed by atoms with van der Waals surface area (Å²) in [6.45, 7) is 1.89. The number of halogens is 1. The predicted octanol–water partition coefficient (Wildman–Crippen LogP) is 2.57. The third-order valence-corrected chi connectivity index (χ3v) is 3.18. The van der Waals surface area contributed by atoms with Gasteiger partial charge in [0.05, 0.1) is 0 Å². The van der Waals surface area contributed by atoms with E-state index < -0.39 is 11.8 Å². The van der Waals surface area contributed by atoms with E-state index in [1.807, 2.05) is 19.1 Å². The Bertz CT molecular complexity index is 566. The number of amides is 2. The number of pyridine rings is 1. The summed E-state index contributed by atoms with van der Waals surface area (Å²) in [6, 6.07) is 10.6. The molecule has 0 spiro atoms. The van der Waals surface area contributed by atoms with Crippen molar-refractivity contribution >= 4 is 45.9 Å². The van der Waals surface area contributed by atoms with Gasteiger partial charge in [0, 0.05) is 15.5 Å². The molecule has 1 aromatic carbocycles. The van der Waals surface area contributed by atoms with Gasteiger partial charge >= 0.3 is 11.8 Å². The minimum absolute atomic E-state index is 0.346. The number of nitrogens with one attached hydrogen (secondary N) is 2. The number of hydrogen-bond donors (Lipinski definition) is 2. The van der Waals surface area contributed by atoms with Crippen molar-refractivity contribution in [2.24, 2.45) is 0 Å². The molecule has 0 fully saturated rings. The van der Waals surface area contributed by atoms with Gasteiger partial charge in [-0.05, 0) is 65.4 Å². The van der Waals surface area contributed by atoms with Crippen molar-refractivity contribution in [3.63, 3.8) is 0 Å². The summed E-state index contributed by atoms with van der Waals surface area (Å²) in [4.78, 5) is 27.4. The van der Waals surface area contributed by atoms with Gasteiger partial charge in [-0.1, -0.05) is 6.07 Å². The summed E-state index contributed by atoms with van der Waals surface area (Å²) < 4.78 is 1.05. The summed E-state index contributed by atoms with van der Waals surface area (Å²) in [7, 11) is 0. The molecule has 102 valence electrons. The predicted molar refractivity (Wildman–Crippen MR) is 85.4 cm³/mol. The molecule has 2 aromatic rings. The highest BCUT2D eigenvalue weighted by Crippen LogP contribution is 2.11. The highest BCUT2D eigenvalue weighted by molar-refractivity contribution is 14.1. The van der Waals surface area contributed by atoms with Crippen molar-refractivity contribution in [1.82, 2.24) is 4.98 Å². The fourth-order valence-electron chi connectivity index (χ4n) is 1.44. The first-order valence-electron chi connectivity index (χ1n) is 5.85. The summed E-state index contributed by atoms with van der Waals surface area (Å²) in [5.41, 5.74) is 1.55. The van der Waals surface area contributed by atoms with Crippen molar-refractivity contribution in [3.05, 3.63) is 51.7 Å². The number of nitrogens with zero attached hydrogens (tertiary/aromatic N) is 1. The van der Waals surface area contributed by atoms with Crippen molar-refractivity contribution in [1.29, 1.82) is 0 Å². The molecule has 0 aliphatic rings. The van der Waals surface area contributed by atoms with E-state index in [2.05, 4.69) is 38.2 Å². The van der Waals surface area contributed by atoms with Crippen LogP contribution in [0, 0.1) is 10.5 Å². The fourth-order valence-corrected chi connectivity index (χ4v) is 1.80. The lowest BCUT2D eigenvalue weighted by Crippen LogP contribution is -2.29. The van der Waals surface area contributed by atoms with Gasteiger partial charge < -0.3 is 10.6 Å². The molecule has 6 heteroatoms. The molecule has 0 aliphatic carbocycles. The molecular weight excluding hydrogens is 369 g/mol. The summed E-state index contributed by atoms with van der Waals surface area (Å²) in [6.07, 6.45) is 1.62. The fraction of sp³-hybridized carbons (Fsp3) is 0.0714. The second kappa shape index (κ2) is 6.47. The van der Waals surface area contributed by atoms with Crippen LogP contribution in [0.25, 0.3) is 0 Å². The highest BCUT2D eigenvalue weighted by atomic mass is 127. The van der Waals surface area contributed by atoms with Crippen LogP contribution < -0.4 is 10.6 Å². The minimum atomic E-state index is -0.750. The maximum atomic E-state index is 11.7. The number of hydrogen-bond acceptors (Lipinski definition) is 3. The summed E-state index contributed by atoms with van der Waals surface area (Å²) in [5, 5.41) is 4.96. The third kappa shape index (κ3) is 4.02. The van der Waals surface area contributed by atoms with Gasteiger partial charge in [-0.3, -0.25) is 9.59 Å². The van der Waals surface area contributed by atoms with Crippen LogP contribution in [0.5, 0.6) is 0 Å². The lowest BCUT2D eigenvalue weighted by atomic mass is 10.3. The van der Waals surface area contributed by atoms with E-state index in [9.17, 15) is 9.59 Å². The van der Waals surface area contributed by atoms with Gasteiger partial charge in [-0.2, -0.15) is 0 Å². The Morgan fingerprint density at radius 3 is 2.25 bits per heavy atom. The third-order valence-electron chi connectivity index (χ3n) is 2.46. The largest absolute Gasteiger partial charge is 0.318 e. The van der Waals surface area contributed by atoms with Crippen LogP contribution in [0.2, 0.25) is 0 Å². The van der Waals surface area contributed by atoms with E-state index >= 15 is 0 Å². The van der Waals surface area contributed by atoms with Crippen LogP contribution in [-0.4, -0.2) is 16.8 Å². The lowest BCUT2D eigenvalue weighted by molar-refractivity contribution is -0.133. The van der Waals surface area contributed by atoms with Gasteiger partial charge in [0.2, 0.25) is 0 Å². The molecular formula is C14H12IN3O2. The van der Waals surface area contributed by atoms with Crippen LogP contribution in [0.1, 0.15) is 5.56 Å². The van der Waals surface area contributed by atoms with Gasteiger partial charge in [0.1, 0.15) is 5.82 Å². The Morgan fingerprint density at radius 2 is 1.65 bits per heavy atom. The number of carbonyl (C=O) groups excluding carboxylic acids is 2. The molecule has 0 saturated carbocycles. The Labute approximate surface area is 129 Å². The second-order valence-corrected chi connectivity index (χ2v) is 5.38. The summed E-state index contributed by atoms with van der Waals surface area (Å²) >= 11 is 2.16. The molecule has 1 heterocycles. The first-order chi connectivity index (χ1) is 9.54. The Morgan fingerprint density at radius 1 is 1.00 bits per heavy atom. The normalized spacial score (nSPS) is 9.90. The van der Waals surface area contributed by atoms with Gasteiger partial charge in [-0.25, -0.2) is 4.98 Å². The minimum Gasteiger partial charge on any atom is -0.318 e. The molecule has 1 aromatic heterocycles. The smallest absolute Gasteiger partial charge is 0.315 e. The van der Waals surface area contributed by atoms with E-state index in [1.165, 1.54) is 0 Å². The van der Waals surface area contributed by atoms with Crippen molar-refractivity contribution < 1.29 is 9.59 Å². The van der Waals surface area contributed by atoms with Crippen molar-refractivity contribution in [2.75, 3.05) is 10.6 Å². The Balaban J connectivity index is 1.96. The molecule has 0 saturated heterocycles. The average molecular weight is 381 g/mol. The summed E-state index contributed by atoms with van der Waals surface area (Å²) in [5.74, 6) is -1.13. The molecule has 2 N–H and O–H groups in total. The number of benzene rings is 1. The van der Waals surface area contributed by atoms with Crippen LogP contribution in [-0.2, 0) is 9.59 Å². The molecule has 0 unspecified atom stereocenters. The van der Waals surface area contributed by atoms with E-state index in [-0.39, 0.29) is 0 Å². The van der Waals surface area contributed by atoms with Gasteiger partial charge in [0.15, 0.2) is 0 Å².